The number of pyridine rings is 1. The Bertz CT molecular complexity index is 1130. The molecule has 0 atom stereocenters. The van der Waals surface area contributed by atoms with Crippen LogP contribution < -0.4 is 15.1 Å². The number of rotatable bonds is 6. The van der Waals surface area contributed by atoms with Gasteiger partial charge in [-0.25, -0.2) is 9.97 Å². The number of benzene rings is 1. The summed E-state index contributed by atoms with van der Waals surface area (Å²) < 4.78 is 2.03. The largest absolute Gasteiger partial charge is 0.368 e. The van der Waals surface area contributed by atoms with Gasteiger partial charge in [-0.1, -0.05) is 31.2 Å². The van der Waals surface area contributed by atoms with Gasteiger partial charge in [0.05, 0.1) is 0 Å². The first-order valence-corrected chi connectivity index (χ1v) is 10.8. The standard InChI is InChI=1S/C23H26N8/c1-2-11-25-21-20-22(31(17-26-20)18-8-4-3-5-9-18)28-23(27-21)30-15-13-29(14-16-30)19-10-6-7-12-24-19/h3-10,12,17H,2,11,13-16H2,1H3,(H,25,27,28). The second kappa shape index (κ2) is 8.59. The molecule has 4 heterocycles. The average Bonchev–Trinajstić information content (AvgIpc) is 3.28. The van der Waals surface area contributed by atoms with Crippen LogP contribution in [0.4, 0.5) is 17.6 Å². The predicted octanol–water partition coefficient (Wildman–Crippen LogP) is 3.36. The zero-order valence-electron chi connectivity index (χ0n) is 17.6. The number of anilines is 3. The molecule has 0 unspecified atom stereocenters. The van der Waals surface area contributed by atoms with Crippen LogP contribution in [-0.4, -0.2) is 57.2 Å². The molecule has 0 saturated carbocycles. The van der Waals surface area contributed by atoms with Crippen LogP contribution in [0, 0.1) is 0 Å². The first-order chi connectivity index (χ1) is 15.3. The van der Waals surface area contributed by atoms with Crippen LogP contribution in [0.15, 0.2) is 61.1 Å². The van der Waals surface area contributed by atoms with E-state index in [9.17, 15) is 0 Å². The molecule has 3 aromatic heterocycles. The van der Waals surface area contributed by atoms with Gasteiger partial charge in [0.15, 0.2) is 17.0 Å². The SMILES string of the molecule is CCCNc1nc(N2CCN(c3ccccn3)CC2)nc2c1ncn2-c1ccccc1. The second-order valence-electron chi connectivity index (χ2n) is 7.58. The number of hydrogen-bond acceptors (Lipinski definition) is 7. The minimum Gasteiger partial charge on any atom is -0.368 e. The van der Waals surface area contributed by atoms with Crippen LogP contribution in [0.25, 0.3) is 16.9 Å². The van der Waals surface area contributed by atoms with E-state index in [4.69, 9.17) is 9.97 Å². The van der Waals surface area contributed by atoms with Crippen LogP contribution in [-0.2, 0) is 0 Å². The lowest BCUT2D eigenvalue weighted by atomic mass is 10.3. The van der Waals surface area contributed by atoms with Crippen molar-refractivity contribution in [3.8, 4) is 5.69 Å². The van der Waals surface area contributed by atoms with E-state index in [1.165, 1.54) is 0 Å². The summed E-state index contributed by atoms with van der Waals surface area (Å²) in [6.07, 6.45) is 4.69. The molecule has 1 fully saturated rings. The van der Waals surface area contributed by atoms with E-state index >= 15 is 0 Å². The zero-order valence-corrected chi connectivity index (χ0v) is 17.6. The second-order valence-corrected chi connectivity index (χ2v) is 7.58. The Hall–Kier alpha value is -3.68. The van der Waals surface area contributed by atoms with Gasteiger partial charge < -0.3 is 15.1 Å². The molecule has 0 aliphatic carbocycles. The third-order valence-electron chi connectivity index (χ3n) is 5.50. The Morgan fingerprint density at radius 2 is 1.65 bits per heavy atom. The van der Waals surface area contributed by atoms with E-state index in [1.54, 1.807) is 0 Å². The van der Waals surface area contributed by atoms with Gasteiger partial charge in [-0.05, 0) is 30.7 Å². The highest BCUT2D eigenvalue weighted by molar-refractivity contribution is 5.85. The Labute approximate surface area is 181 Å². The highest BCUT2D eigenvalue weighted by Gasteiger charge is 2.22. The molecular weight excluding hydrogens is 388 g/mol. The highest BCUT2D eigenvalue weighted by atomic mass is 15.3. The fraction of sp³-hybridized carbons (Fsp3) is 0.304. The minimum atomic E-state index is 0.740. The molecular formula is C23H26N8. The van der Waals surface area contributed by atoms with Crippen LogP contribution in [0.1, 0.15) is 13.3 Å². The zero-order chi connectivity index (χ0) is 21.0. The van der Waals surface area contributed by atoms with Gasteiger partial charge in [-0.2, -0.15) is 9.97 Å². The van der Waals surface area contributed by atoms with Crippen molar-refractivity contribution in [3.05, 3.63) is 61.1 Å². The molecule has 1 aliphatic rings. The molecule has 0 bridgehead atoms. The predicted molar refractivity (Wildman–Crippen MR) is 124 cm³/mol. The summed E-state index contributed by atoms with van der Waals surface area (Å²) in [6, 6.07) is 16.2. The van der Waals surface area contributed by atoms with E-state index in [2.05, 4.69) is 50.2 Å². The lowest BCUT2D eigenvalue weighted by Gasteiger charge is -2.35. The van der Waals surface area contributed by atoms with Crippen molar-refractivity contribution in [2.24, 2.45) is 0 Å². The van der Waals surface area contributed by atoms with E-state index in [1.807, 2.05) is 47.4 Å². The van der Waals surface area contributed by atoms with Gasteiger partial charge in [0.1, 0.15) is 12.1 Å². The third kappa shape index (κ3) is 3.88. The Morgan fingerprint density at radius 1 is 0.871 bits per heavy atom. The Morgan fingerprint density at radius 3 is 2.39 bits per heavy atom. The lowest BCUT2D eigenvalue weighted by Crippen LogP contribution is -2.47. The average molecular weight is 415 g/mol. The molecule has 8 heteroatoms. The summed E-state index contributed by atoms with van der Waals surface area (Å²) in [5.74, 6) is 2.55. The van der Waals surface area contributed by atoms with Gasteiger partial charge in [-0.15, -0.1) is 0 Å². The normalized spacial score (nSPS) is 14.2. The Kier molecular flexibility index (Phi) is 5.35. The summed E-state index contributed by atoms with van der Waals surface area (Å²) in [6.45, 7) is 6.44. The molecule has 158 valence electrons. The first kappa shape index (κ1) is 19.3. The monoisotopic (exact) mass is 414 g/mol. The summed E-state index contributed by atoms with van der Waals surface area (Å²) in [7, 11) is 0. The van der Waals surface area contributed by atoms with E-state index in [0.29, 0.717) is 0 Å². The molecule has 8 nitrogen and oxygen atoms in total. The molecule has 1 saturated heterocycles. The quantitative estimate of drug-likeness (QED) is 0.518. The summed E-state index contributed by atoms with van der Waals surface area (Å²) in [5, 5.41) is 3.44. The number of nitrogens with zero attached hydrogens (tertiary/aromatic N) is 7. The third-order valence-corrected chi connectivity index (χ3v) is 5.50. The molecule has 1 aliphatic heterocycles. The number of fused-ring (bicyclic) bond motifs is 1. The van der Waals surface area contributed by atoms with Crippen molar-refractivity contribution >= 4 is 28.7 Å². The molecule has 0 amide bonds. The topological polar surface area (TPSA) is 75.0 Å². The van der Waals surface area contributed by atoms with E-state index in [0.717, 1.165) is 73.6 Å². The Balaban J connectivity index is 1.47. The maximum Gasteiger partial charge on any atom is 0.229 e. The molecule has 0 spiro atoms. The van der Waals surface area contributed by atoms with Crippen LogP contribution in [0.2, 0.25) is 0 Å². The fourth-order valence-corrected chi connectivity index (χ4v) is 3.85. The summed E-state index contributed by atoms with van der Waals surface area (Å²) in [5.41, 5.74) is 2.66. The molecule has 0 radical (unpaired) electrons. The molecule has 1 aromatic carbocycles. The molecule has 31 heavy (non-hydrogen) atoms. The minimum absolute atomic E-state index is 0.740. The molecule has 5 rings (SSSR count). The van der Waals surface area contributed by atoms with Gasteiger partial charge in [0, 0.05) is 44.6 Å². The fourth-order valence-electron chi connectivity index (χ4n) is 3.85. The maximum absolute atomic E-state index is 4.94. The van der Waals surface area contributed by atoms with E-state index in [-0.39, 0.29) is 0 Å². The summed E-state index contributed by atoms with van der Waals surface area (Å²) >= 11 is 0. The number of para-hydroxylation sites is 1. The van der Waals surface area contributed by atoms with Gasteiger partial charge in [-0.3, -0.25) is 4.57 Å². The lowest BCUT2D eigenvalue weighted by molar-refractivity contribution is 0.635. The van der Waals surface area contributed by atoms with Crippen molar-refractivity contribution in [1.29, 1.82) is 0 Å². The van der Waals surface area contributed by atoms with E-state index < -0.39 is 0 Å². The molecule has 4 aromatic rings. The number of imidazole rings is 1. The smallest absolute Gasteiger partial charge is 0.229 e. The van der Waals surface area contributed by atoms with Crippen LogP contribution >= 0.6 is 0 Å². The highest BCUT2D eigenvalue weighted by Crippen LogP contribution is 2.26. The van der Waals surface area contributed by atoms with Crippen molar-refractivity contribution in [3.63, 3.8) is 0 Å². The van der Waals surface area contributed by atoms with Gasteiger partial charge in [0.25, 0.3) is 0 Å². The van der Waals surface area contributed by atoms with Crippen molar-refractivity contribution in [1.82, 2.24) is 24.5 Å². The van der Waals surface area contributed by atoms with Crippen LogP contribution in [0.5, 0.6) is 0 Å². The van der Waals surface area contributed by atoms with Crippen LogP contribution in [0.3, 0.4) is 0 Å². The first-order valence-electron chi connectivity index (χ1n) is 10.8. The van der Waals surface area contributed by atoms with Crippen molar-refractivity contribution < 1.29 is 0 Å². The molecule has 1 N–H and O–H groups in total. The maximum atomic E-state index is 4.94. The van der Waals surface area contributed by atoms with Gasteiger partial charge >= 0.3 is 0 Å². The van der Waals surface area contributed by atoms with Crippen molar-refractivity contribution in [2.75, 3.05) is 47.8 Å². The summed E-state index contributed by atoms with van der Waals surface area (Å²) in [4.78, 5) is 23.5. The van der Waals surface area contributed by atoms with Crippen molar-refractivity contribution in [2.45, 2.75) is 13.3 Å². The number of aromatic nitrogens is 5. The van der Waals surface area contributed by atoms with Gasteiger partial charge in [0.2, 0.25) is 5.95 Å². The number of piperazine rings is 1. The number of hydrogen-bond donors (Lipinski definition) is 1. The number of nitrogens with one attached hydrogen (secondary N) is 1.